The van der Waals surface area contributed by atoms with Gasteiger partial charge < -0.3 is 0 Å². The molecule has 2 nitrogen and oxygen atoms in total. The third kappa shape index (κ3) is 1.30. The predicted molar refractivity (Wildman–Crippen MR) is 63.8 cm³/mol. The molecule has 0 saturated heterocycles. The number of rotatable bonds is 1. The van der Waals surface area contributed by atoms with Gasteiger partial charge in [0.25, 0.3) is 0 Å². The van der Waals surface area contributed by atoms with Gasteiger partial charge in [-0.05, 0) is 30.7 Å². The highest BCUT2D eigenvalue weighted by Crippen LogP contribution is 2.45. The Bertz CT molecular complexity index is 521. The summed E-state index contributed by atoms with van der Waals surface area (Å²) in [5, 5.41) is 1.74. The first-order valence-corrected chi connectivity index (χ1v) is 6.42. The van der Waals surface area contributed by atoms with Crippen LogP contribution in [0.2, 0.25) is 5.15 Å². The minimum Gasteiger partial charge on any atom is -0.225 e. The van der Waals surface area contributed by atoms with Gasteiger partial charge in [-0.3, -0.25) is 0 Å². The Labute approximate surface area is 97.3 Å². The van der Waals surface area contributed by atoms with Gasteiger partial charge in [0.05, 0.1) is 5.39 Å². The van der Waals surface area contributed by atoms with Crippen LogP contribution >= 0.6 is 22.9 Å². The summed E-state index contributed by atoms with van der Waals surface area (Å²) in [6.45, 7) is 2.24. The van der Waals surface area contributed by atoms with E-state index in [1.54, 1.807) is 17.7 Å². The van der Waals surface area contributed by atoms with E-state index in [1.807, 2.05) is 0 Å². The second-order valence-electron chi connectivity index (χ2n) is 3.93. The van der Waals surface area contributed by atoms with Gasteiger partial charge in [0.15, 0.2) is 0 Å². The maximum atomic E-state index is 6.16. The van der Waals surface area contributed by atoms with Crippen molar-refractivity contribution in [3.8, 4) is 0 Å². The molecule has 0 amide bonds. The SMILES string of the molecule is CC[C@@H]1CCc2sc3ncnc(Cl)c3c21. The van der Waals surface area contributed by atoms with Crippen LogP contribution in [-0.4, -0.2) is 9.97 Å². The standard InChI is InChI=1S/C11H11ClN2S/c1-2-6-3-4-7-8(6)9-10(12)13-5-14-11(9)15-7/h5-6H,2-4H2,1H3/t6-/m1/s1. The Morgan fingerprint density at radius 1 is 1.53 bits per heavy atom. The van der Waals surface area contributed by atoms with Crippen LogP contribution in [0.25, 0.3) is 10.2 Å². The molecule has 15 heavy (non-hydrogen) atoms. The summed E-state index contributed by atoms with van der Waals surface area (Å²) in [7, 11) is 0. The fraction of sp³-hybridized carbons (Fsp3) is 0.455. The van der Waals surface area contributed by atoms with E-state index in [-0.39, 0.29) is 0 Å². The normalized spacial score (nSPS) is 19.7. The number of fused-ring (bicyclic) bond motifs is 3. The molecule has 4 heteroatoms. The maximum absolute atomic E-state index is 6.16. The number of aryl methyl sites for hydroxylation is 1. The lowest BCUT2D eigenvalue weighted by atomic mass is 9.99. The minimum absolute atomic E-state index is 0.623. The molecule has 0 aliphatic heterocycles. The Balaban J connectivity index is 2.34. The molecule has 2 aromatic heterocycles. The number of aromatic nitrogens is 2. The van der Waals surface area contributed by atoms with Crippen LogP contribution in [-0.2, 0) is 6.42 Å². The first-order chi connectivity index (χ1) is 7.31. The van der Waals surface area contributed by atoms with E-state index in [2.05, 4.69) is 16.9 Å². The fourth-order valence-corrected chi connectivity index (χ4v) is 3.97. The average Bonchev–Trinajstić information content (AvgIpc) is 2.75. The zero-order valence-corrected chi connectivity index (χ0v) is 10.0. The quantitative estimate of drug-likeness (QED) is 0.707. The van der Waals surface area contributed by atoms with Crippen molar-refractivity contribution in [1.82, 2.24) is 9.97 Å². The van der Waals surface area contributed by atoms with E-state index in [0.29, 0.717) is 11.1 Å². The molecule has 0 fully saturated rings. The first-order valence-electron chi connectivity index (χ1n) is 5.23. The number of halogens is 1. The molecule has 0 unspecified atom stereocenters. The lowest BCUT2D eigenvalue weighted by molar-refractivity contribution is 0.659. The highest BCUT2D eigenvalue weighted by atomic mass is 35.5. The summed E-state index contributed by atoms with van der Waals surface area (Å²) < 4.78 is 0. The summed E-state index contributed by atoms with van der Waals surface area (Å²) >= 11 is 7.94. The van der Waals surface area contributed by atoms with Crippen LogP contribution in [0.3, 0.4) is 0 Å². The van der Waals surface area contributed by atoms with Gasteiger partial charge in [-0.25, -0.2) is 9.97 Å². The average molecular weight is 239 g/mol. The van der Waals surface area contributed by atoms with Crippen molar-refractivity contribution in [2.24, 2.45) is 0 Å². The summed E-state index contributed by atoms with van der Waals surface area (Å²) in [6.07, 6.45) is 5.19. The zero-order valence-electron chi connectivity index (χ0n) is 8.46. The summed E-state index contributed by atoms with van der Waals surface area (Å²) in [5.74, 6) is 0.664. The third-order valence-electron chi connectivity index (χ3n) is 3.18. The Hall–Kier alpha value is -0.670. The molecule has 1 aliphatic carbocycles. The molecule has 0 spiro atoms. The van der Waals surface area contributed by atoms with Crippen molar-refractivity contribution in [1.29, 1.82) is 0 Å². The van der Waals surface area contributed by atoms with Gasteiger partial charge in [-0.2, -0.15) is 0 Å². The van der Waals surface area contributed by atoms with Crippen molar-refractivity contribution in [2.75, 3.05) is 0 Å². The summed E-state index contributed by atoms with van der Waals surface area (Å²) in [5.41, 5.74) is 1.43. The lowest BCUT2D eigenvalue weighted by Gasteiger charge is -2.06. The summed E-state index contributed by atoms with van der Waals surface area (Å²) in [6, 6.07) is 0. The largest absolute Gasteiger partial charge is 0.225 e. The molecule has 1 aliphatic rings. The highest BCUT2D eigenvalue weighted by molar-refractivity contribution is 7.19. The number of nitrogens with zero attached hydrogens (tertiary/aromatic N) is 2. The topological polar surface area (TPSA) is 25.8 Å². The molecule has 0 radical (unpaired) electrons. The Morgan fingerprint density at radius 2 is 2.40 bits per heavy atom. The van der Waals surface area contributed by atoms with Crippen molar-refractivity contribution < 1.29 is 0 Å². The van der Waals surface area contributed by atoms with E-state index < -0.39 is 0 Å². The van der Waals surface area contributed by atoms with Gasteiger partial charge in [0.2, 0.25) is 0 Å². The number of thiophene rings is 1. The number of hydrogen-bond donors (Lipinski definition) is 0. The molecule has 0 bridgehead atoms. The van der Waals surface area contributed by atoms with Crippen molar-refractivity contribution in [3.63, 3.8) is 0 Å². The van der Waals surface area contributed by atoms with Crippen LogP contribution < -0.4 is 0 Å². The second-order valence-corrected chi connectivity index (χ2v) is 5.37. The van der Waals surface area contributed by atoms with Crippen molar-refractivity contribution in [2.45, 2.75) is 32.1 Å². The highest BCUT2D eigenvalue weighted by Gasteiger charge is 2.27. The smallest absolute Gasteiger partial charge is 0.141 e. The minimum atomic E-state index is 0.623. The molecule has 2 heterocycles. The molecule has 78 valence electrons. The maximum Gasteiger partial charge on any atom is 0.141 e. The molecule has 0 aromatic carbocycles. The second kappa shape index (κ2) is 3.42. The zero-order chi connectivity index (χ0) is 10.4. The molecule has 1 atom stereocenters. The van der Waals surface area contributed by atoms with Gasteiger partial charge in [-0.15, -0.1) is 11.3 Å². The Kier molecular flexibility index (Phi) is 2.18. The van der Waals surface area contributed by atoms with Crippen LogP contribution in [0.4, 0.5) is 0 Å². The molecular weight excluding hydrogens is 228 g/mol. The number of hydrogen-bond acceptors (Lipinski definition) is 3. The first kappa shape index (κ1) is 9.55. The molecule has 0 N–H and O–H groups in total. The molecule has 0 saturated carbocycles. The van der Waals surface area contributed by atoms with Gasteiger partial charge in [0.1, 0.15) is 16.3 Å². The van der Waals surface area contributed by atoms with Crippen LogP contribution in [0.15, 0.2) is 6.33 Å². The monoisotopic (exact) mass is 238 g/mol. The molecule has 3 rings (SSSR count). The van der Waals surface area contributed by atoms with Gasteiger partial charge >= 0.3 is 0 Å². The van der Waals surface area contributed by atoms with Crippen LogP contribution in [0, 0.1) is 0 Å². The molecule has 2 aromatic rings. The Morgan fingerprint density at radius 3 is 3.20 bits per heavy atom. The fourth-order valence-electron chi connectivity index (χ4n) is 2.44. The molecular formula is C11H11ClN2S. The van der Waals surface area contributed by atoms with E-state index in [4.69, 9.17) is 11.6 Å². The van der Waals surface area contributed by atoms with Crippen LogP contribution in [0.5, 0.6) is 0 Å². The van der Waals surface area contributed by atoms with Crippen molar-refractivity contribution >= 4 is 33.2 Å². The van der Waals surface area contributed by atoms with Crippen LogP contribution in [0.1, 0.15) is 36.1 Å². The lowest BCUT2D eigenvalue weighted by Crippen LogP contribution is -1.91. The predicted octanol–water partition coefficient (Wildman–Crippen LogP) is 3.78. The van der Waals surface area contributed by atoms with Crippen molar-refractivity contribution in [3.05, 3.63) is 21.9 Å². The van der Waals surface area contributed by atoms with Gasteiger partial charge in [0, 0.05) is 4.88 Å². The third-order valence-corrected chi connectivity index (χ3v) is 4.64. The van der Waals surface area contributed by atoms with Gasteiger partial charge in [-0.1, -0.05) is 18.5 Å². The summed E-state index contributed by atoms with van der Waals surface area (Å²) in [4.78, 5) is 10.9. The van der Waals surface area contributed by atoms with E-state index in [9.17, 15) is 0 Å². The van der Waals surface area contributed by atoms with E-state index in [0.717, 1.165) is 10.2 Å². The van der Waals surface area contributed by atoms with E-state index in [1.165, 1.54) is 29.7 Å². The van der Waals surface area contributed by atoms with E-state index >= 15 is 0 Å².